The number of aliphatic hydroxyl groups excluding tert-OH is 1. The fourth-order valence-corrected chi connectivity index (χ4v) is 5.75. The van der Waals surface area contributed by atoms with E-state index in [1.165, 1.54) is 39.6 Å². The molecule has 204 valence electrons. The third kappa shape index (κ3) is 5.58. The number of rotatable bonds is 10. The molecule has 0 bridgehead atoms. The molecule has 0 radical (unpaired) electrons. The van der Waals surface area contributed by atoms with Crippen LogP contribution in [0.1, 0.15) is 19.4 Å². The molecule has 0 unspecified atom stereocenters. The van der Waals surface area contributed by atoms with Gasteiger partial charge in [-0.15, -0.1) is 0 Å². The van der Waals surface area contributed by atoms with E-state index in [1.807, 2.05) is 0 Å². The van der Waals surface area contributed by atoms with Crippen molar-refractivity contribution in [1.82, 2.24) is 24.6 Å². The van der Waals surface area contributed by atoms with Crippen LogP contribution in [0.4, 0.5) is 5.95 Å². The second kappa shape index (κ2) is 11.0. The number of ether oxygens (including phenoxy) is 2. The quantitative estimate of drug-likeness (QED) is 0.162. The van der Waals surface area contributed by atoms with E-state index in [1.54, 1.807) is 16.7 Å². The van der Waals surface area contributed by atoms with Crippen molar-refractivity contribution in [2.45, 2.75) is 31.5 Å². The highest BCUT2D eigenvalue weighted by atomic mass is 31.2. The number of hydrogen-bond donors (Lipinski definition) is 4. The zero-order valence-corrected chi connectivity index (χ0v) is 21.9. The number of anilines is 1. The minimum Gasteiger partial charge on any atom is -0.497 e. The fourth-order valence-electron chi connectivity index (χ4n) is 4.23. The summed E-state index contributed by atoms with van der Waals surface area (Å²) in [5, 5.41) is 13.4. The molecule has 4 rings (SSSR count). The molecule has 0 saturated heterocycles. The molecule has 1 aliphatic carbocycles. The largest absolute Gasteiger partial charge is 0.497 e. The van der Waals surface area contributed by atoms with Gasteiger partial charge in [-0.05, 0) is 43.2 Å². The van der Waals surface area contributed by atoms with E-state index in [0.29, 0.717) is 11.3 Å². The lowest BCUT2D eigenvalue weighted by atomic mass is 10.0. The number of methoxy groups -OCH3 is 2. The molecular formula is C23H29N6O8P. The van der Waals surface area contributed by atoms with Crippen LogP contribution < -0.4 is 25.6 Å². The smallest absolute Gasteiger partial charge is 0.459 e. The predicted octanol–water partition coefficient (Wildman–Crippen LogP) is 1.54. The highest BCUT2D eigenvalue weighted by Gasteiger charge is 2.41. The Balaban J connectivity index is 1.54. The minimum absolute atomic E-state index is 0.0734. The zero-order chi connectivity index (χ0) is 27.6. The van der Waals surface area contributed by atoms with Crippen LogP contribution in [0.5, 0.6) is 11.5 Å². The number of benzene rings is 1. The Hall–Kier alpha value is -3.71. The van der Waals surface area contributed by atoms with Crippen LogP contribution in [0, 0.1) is 5.92 Å². The molecule has 38 heavy (non-hydrogen) atoms. The molecule has 15 heteroatoms. The topological polar surface area (TPSA) is 193 Å². The number of aromatic amines is 1. The predicted molar refractivity (Wildman–Crippen MR) is 137 cm³/mol. The molecule has 2 heterocycles. The number of aromatic nitrogens is 4. The van der Waals surface area contributed by atoms with Crippen LogP contribution in [0.3, 0.4) is 0 Å². The minimum atomic E-state index is -4.16. The number of esters is 1. The first-order valence-electron chi connectivity index (χ1n) is 11.6. The van der Waals surface area contributed by atoms with Crippen LogP contribution >= 0.6 is 7.75 Å². The van der Waals surface area contributed by atoms with Crippen molar-refractivity contribution in [3.8, 4) is 11.5 Å². The monoisotopic (exact) mass is 548 g/mol. The maximum absolute atomic E-state index is 13.7. The summed E-state index contributed by atoms with van der Waals surface area (Å²) < 4.78 is 36.5. The molecule has 1 aliphatic rings. The number of H-pyrrole nitrogens is 1. The van der Waals surface area contributed by atoms with Crippen molar-refractivity contribution < 1.29 is 33.0 Å². The third-order valence-electron chi connectivity index (χ3n) is 6.24. The number of nitrogen functional groups attached to an aromatic ring is 1. The number of imidazole rings is 1. The number of nitrogens with one attached hydrogen (secondary N) is 2. The highest BCUT2D eigenvalue weighted by Crippen LogP contribution is 2.48. The molecule has 0 spiro atoms. The summed E-state index contributed by atoms with van der Waals surface area (Å²) in [6.45, 7) is 5.30. The molecule has 5 atom stereocenters. The van der Waals surface area contributed by atoms with Crippen molar-refractivity contribution >= 4 is 30.8 Å². The molecule has 0 aliphatic heterocycles. The van der Waals surface area contributed by atoms with E-state index in [4.69, 9.17) is 24.3 Å². The van der Waals surface area contributed by atoms with Crippen LogP contribution in [-0.2, 0) is 18.6 Å². The zero-order valence-electron chi connectivity index (χ0n) is 21.0. The van der Waals surface area contributed by atoms with Crippen LogP contribution in [-0.4, -0.2) is 63.6 Å². The molecular weight excluding hydrogens is 519 g/mol. The van der Waals surface area contributed by atoms with Gasteiger partial charge in [-0.1, -0.05) is 6.58 Å². The second-order valence-corrected chi connectivity index (χ2v) is 10.4. The van der Waals surface area contributed by atoms with Crippen LogP contribution in [0.25, 0.3) is 11.2 Å². The van der Waals surface area contributed by atoms with Crippen LogP contribution in [0.2, 0.25) is 0 Å². The van der Waals surface area contributed by atoms with Gasteiger partial charge < -0.3 is 29.4 Å². The average molecular weight is 548 g/mol. The first-order valence-corrected chi connectivity index (χ1v) is 13.1. The Morgan fingerprint density at radius 3 is 2.68 bits per heavy atom. The lowest BCUT2D eigenvalue weighted by Crippen LogP contribution is -2.35. The van der Waals surface area contributed by atoms with Gasteiger partial charge in [0, 0.05) is 5.92 Å². The van der Waals surface area contributed by atoms with E-state index in [2.05, 4.69) is 26.6 Å². The van der Waals surface area contributed by atoms with Crippen molar-refractivity contribution in [2.75, 3.05) is 26.6 Å². The van der Waals surface area contributed by atoms with E-state index >= 15 is 0 Å². The molecule has 1 saturated carbocycles. The van der Waals surface area contributed by atoms with E-state index in [-0.39, 0.29) is 35.9 Å². The number of carbonyl (C=O) groups is 1. The third-order valence-corrected chi connectivity index (χ3v) is 7.88. The number of aliphatic hydroxyl groups is 1. The van der Waals surface area contributed by atoms with Gasteiger partial charge in [-0.25, -0.2) is 9.55 Å². The number of nitrogens with zero attached hydrogens (tertiary/aromatic N) is 3. The first-order chi connectivity index (χ1) is 18.0. The average Bonchev–Trinajstić information content (AvgIpc) is 3.42. The Morgan fingerprint density at radius 2 is 2.03 bits per heavy atom. The molecule has 14 nitrogen and oxygen atoms in total. The van der Waals surface area contributed by atoms with Crippen molar-refractivity contribution in [3.05, 3.63) is 53.1 Å². The SMILES string of the molecule is C=C1[C@H](CO[P@@](=O)(N[C@@H](C)C(=O)OC)Oc2ccc(OC)cc2)[C@@H](O)C[C@@H]1n1cnc2c(=O)[nH]c(N)nc21. The Morgan fingerprint density at radius 1 is 1.34 bits per heavy atom. The summed E-state index contributed by atoms with van der Waals surface area (Å²) in [6.07, 6.45) is 0.703. The summed E-state index contributed by atoms with van der Waals surface area (Å²) in [7, 11) is -1.46. The normalized spacial score (nSPS) is 21.7. The number of nitrogens with two attached hydrogens (primary N) is 1. The molecule has 3 aromatic rings. The van der Waals surface area contributed by atoms with Gasteiger partial charge in [0.2, 0.25) is 5.95 Å². The summed E-state index contributed by atoms with van der Waals surface area (Å²) >= 11 is 0. The van der Waals surface area contributed by atoms with Crippen molar-refractivity contribution in [2.24, 2.45) is 5.92 Å². The maximum atomic E-state index is 13.7. The van der Waals surface area contributed by atoms with Gasteiger partial charge in [-0.2, -0.15) is 10.1 Å². The first kappa shape index (κ1) is 27.3. The van der Waals surface area contributed by atoms with Gasteiger partial charge in [0.05, 0.1) is 39.3 Å². The van der Waals surface area contributed by atoms with Gasteiger partial charge in [0.15, 0.2) is 11.2 Å². The number of fused-ring (bicyclic) bond motifs is 1. The molecule has 0 amide bonds. The molecule has 5 N–H and O–H groups in total. The van der Waals surface area contributed by atoms with Gasteiger partial charge in [0.25, 0.3) is 5.56 Å². The second-order valence-electron chi connectivity index (χ2n) is 8.71. The van der Waals surface area contributed by atoms with Gasteiger partial charge >= 0.3 is 13.7 Å². The molecule has 1 fully saturated rings. The van der Waals surface area contributed by atoms with E-state index in [9.17, 15) is 19.3 Å². The van der Waals surface area contributed by atoms with Gasteiger partial charge in [-0.3, -0.25) is 19.1 Å². The molecule has 2 aromatic heterocycles. The van der Waals surface area contributed by atoms with Crippen LogP contribution in [0.15, 0.2) is 47.5 Å². The molecule has 1 aromatic carbocycles. The Kier molecular flexibility index (Phi) is 7.88. The van der Waals surface area contributed by atoms with Crippen molar-refractivity contribution in [1.29, 1.82) is 0 Å². The Bertz CT molecular complexity index is 1440. The number of carbonyl (C=O) groups excluding carboxylic acids is 1. The van der Waals surface area contributed by atoms with E-state index in [0.717, 1.165) is 0 Å². The Labute approximate surface area is 217 Å². The van der Waals surface area contributed by atoms with Crippen molar-refractivity contribution in [3.63, 3.8) is 0 Å². The number of hydrogen-bond acceptors (Lipinski definition) is 11. The lowest BCUT2D eigenvalue weighted by molar-refractivity contribution is -0.142. The lowest BCUT2D eigenvalue weighted by Gasteiger charge is -2.25. The maximum Gasteiger partial charge on any atom is 0.459 e. The summed E-state index contributed by atoms with van der Waals surface area (Å²) in [5.74, 6) is -0.659. The summed E-state index contributed by atoms with van der Waals surface area (Å²) in [4.78, 5) is 34.8. The summed E-state index contributed by atoms with van der Waals surface area (Å²) in [5.41, 5.74) is 6.08. The highest BCUT2D eigenvalue weighted by molar-refractivity contribution is 7.52. The standard InChI is InChI=1S/C23H29N6O8P/c1-12-16(18(30)9-17(12)29-11-25-19-20(29)26-23(24)27-21(19)31)10-36-38(33,28-13(2)22(32)35-4)37-15-7-5-14(34-3)6-8-15/h5-8,11,13,16-18,30H,1,9-10H2,2-4H3,(H,28,33)(H3,24,26,27,31)/t13-,16-,17-,18-,38-/m0/s1. The van der Waals surface area contributed by atoms with E-state index < -0.39 is 43.4 Å². The van der Waals surface area contributed by atoms with Gasteiger partial charge in [0.1, 0.15) is 17.5 Å². The summed E-state index contributed by atoms with van der Waals surface area (Å²) in [6, 6.07) is 4.77. The fraction of sp³-hybridized carbons (Fsp3) is 0.391.